The van der Waals surface area contributed by atoms with Crippen LogP contribution < -0.4 is 10.5 Å². The van der Waals surface area contributed by atoms with E-state index in [0.29, 0.717) is 6.61 Å². The van der Waals surface area contributed by atoms with E-state index in [2.05, 4.69) is 9.97 Å². The van der Waals surface area contributed by atoms with Gasteiger partial charge in [0.25, 0.3) is 0 Å². The number of H-pyrrole nitrogens is 1. The second kappa shape index (κ2) is 5.88. The molecule has 1 heterocycles. The molecule has 0 aliphatic heterocycles. The Morgan fingerprint density at radius 2 is 2.00 bits per heavy atom. The van der Waals surface area contributed by atoms with Crippen molar-refractivity contribution in [2.24, 2.45) is 0 Å². The Balaban J connectivity index is 1.55. The molecule has 0 spiro atoms. The number of anilines is 1. The highest BCUT2D eigenvalue weighted by atomic mass is 32.2. The minimum Gasteiger partial charge on any atom is -0.493 e. The van der Waals surface area contributed by atoms with Crippen molar-refractivity contribution in [1.82, 2.24) is 9.97 Å². The standard InChI is InChI=1S/C15H15N3OS/c16-11-6-7-13-14(10-11)18-15(17-13)20-9-8-19-12-4-2-1-3-5-12/h1-7,10H,8-9,16H2,(H,17,18). The number of imidazole rings is 1. The third kappa shape index (κ3) is 3.05. The van der Waals surface area contributed by atoms with E-state index in [1.165, 1.54) is 0 Å². The summed E-state index contributed by atoms with van der Waals surface area (Å²) in [6.07, 6.45) is 0. The number of nitrogens with two attached hydrogens (primary N) is 1. The molecule has 0 saturated carbocycles. The van der Waals surface area contributed by atoms with Gasteiger partial charge in [-0.25, -0.2) is 4.98 Å². The number of hydrogen-bond acceptors (Lipinski definition) is 4. The SMILES string of the molecule is Nc1ccc2nc(SCCOc3ccccc3)[nH]c2c1. The van der Waals surface area contributed by atoms with E-state index in [1.54, 1.807) is 11.8 Å². The molecule has 0 aliphatic rings. The highest BCUT2D eigenvalue weighted by molar-refractivity contribution is 7.99. The van der Waals surface area contributed by atoms with Crippen LogP contribution in [0.3, 0.4) is 0 Å². The monoisotopic (exact) mass is 285 g/mol. The lowest BCUT2D eigenvalue weighted by Gasteiger charge is -2.04. The number of rotatable bonds is 5. The zero-order valence-corrected chi connectivity index (χ0v) is 11.7. The van der Waals surface area contributed by atoms with Crippen LogP contribution >= 0.6 is 11.8 Å². The topological polar surface area (TPSA) is 63.9 Å². The summed E-state index contributed by atoms with van der Waals surface area (Å²) < 4.78 is 5.64. The number of nitrogens with zero attached hydrogens (tertiary/aromatic N) is 1. The molecule has 20 heavy (non-hydrogen) atoms. The van der Waals surface area contributed by atoms with Gasteiger partial charge in [0.1, 0.15) is 5.75 Å². The second-order valence-electron chi connectivity index (χ2n) is 4.33. The van der Waals surface area contributed by atoms with Crippen LogP contribution in [0.5, 0.6) is 5.75 Å². The molecule has 0 saturated heterocycles. The average Bonchev–Trinajstić information content (AvgIpc) is 2.86. The molecular formula is C15H15N3OS. The zero-order chi connectivity index (χ0) is 13.8. The van der Waals surface area contributed by atoms with Crippen LogP contribution in [0.15, 0.2) is 53.7 Å². The van der Waals surface area contributed by atoms with Crippen LogP contribution in [0.4, 0.5) is 5.69 Å². The highest BCUT2D eigenvalue weighted by Crippen LogP contribution is 2.21. The molecule has 3 aromatic rings. The van der Waals surface area contributed by atoms with Crippen LogP contribution in [0.25, 0.3) is 11.0 Å². The van der Waals surface area contributed by atoms with Crippen molar-refractivity contribution >= 4 is 28.5 Å². The van der Waals surface area contributed by atoms with E-state index < -0.39 is 0 Å². The lowest BCUT2D eigenvalue weighted by molar-refractivity contribution is 0.344. The van der Waals surface area contributed by atoms with Gasteiger partial charge in [0.05, 0.1) is 17.6 Å². The van der Waals surface area contributed by atoms with Gasteiger partial charge in [-0.05, 0) is 30.3 Å². The maximum absolute atomic E-state index is 5.74. The largest absolute Gasteiger partial charge is 0.493 e. The molecule has 0 amide bonds. The van der Waals surface area contributed by atoms with E-state index >= 15 is 0 Å². The van der Waals surface area contributed by atoms with Crippen molar-refractivity contribution in [3.05, 3.63) is 48.5 Å². The number of hydrogen-bond donors (Lipinski definition) is 2. The fraction of sp³-hybridized carbons (Fsp3) is 0.133. The first-order valence-corrected chi connectivity index (χ1v) is 7.36. The molecule has 0 bridgehead atoms. The summed E-state index contributed by atoms with van der Waals surface area (Å²) in [7, 11) is 0. The molecule has 0 aliphatic carbocycles. The fourth-order valence-corrected chi connectivity index (χ4v) is 2.59. The van der Waals surface area contributed by atoms with Crippen molar-refractivity contribution in [3.8, 4) is 5.75 Å². The summed E-state index contributed by atoms with van der Waals surface area (Å²) in [5.41, 5.74) is 8.39. The molecule has 2 aromatic carbocycles. The highest BCUT2D eigenvalue weighted by Gasteiger charge is 2.03. The molecule has 3 rings (SSSR count). The number of para-hydroxylation sites is 1. The fourth-order valence-electron chi connectivity index (χ4n) is 1.89. The minimum atomic E-state index is 0.647. The molecule has 0 radical (unpaired) electrons. The summed E-state index contributed by atoms with van der Waals surface area (Å²) in [6, 6.07) is 15.5. The van der Waals surface area contributed by atoms with E-state index in [9.17, 15) is 0 Å². The quantitative estimate of drug-likeness (QED) is 0.429. The lowest BCUT2D eigenvalue weighted by Crippen LogP contribution is -1.99. The minimum absolute atomic E-state index is 0.647. The van der Waals surface area contributed by atoms with Crippen LogP contribution in [-0.2, 0) is 0 Å². The van der Waals surface area contributed by atoms with Crippen LogP contribution in [0.1, 0.15) is 0 Å². The Morgan fingerprint density at radius 1 is 1.15 bits per heavy atom. The molecule has 0 unspecified atom stereocenters. The lowest BCUT2D eigenvalue weighted by atomic mass is 10.3. The van der Waals surface area contributed by atoms with Gasteiger partial charge in [0.2, 0.25) is 0 Å². The molecule has 3 N–H and O–H groups in total. The van der Waals surface area contributed by atoms with Gasteiger partial charge in [-0.3, -0.25) is 0 Å². The number of nitrogen functional groups attached to an aromatic ring is 1. The first-order chi connectivity index (χ1) is 9.81. The average molecular weight is 285 g/mol. The third-order valence-corrected chi connectivity index (χ3v) is 3.66. The Hall–Kier alpha value is -2.14. The maximum Gasteiger partial charge on any atom is 0.166 e. The van der Waals surface area contributed by atoms with Gasteiger partial charge >= 0.3 is 0 Å². The number of ether oxygens (including phenoxy) is 1. The first kappa shape index (κ1) is 12.9. The second-order valence-corrected chi connectivity index (χ2v) is 5.41. The molecule has 0 atom stereocenters. The van der Waals surface area contributed by atoms with Gasteiger partial charge in [-0.1, -0.05) is 30.0 Å². The predicted molar refractivity (Wildman–Crippen MR) is 83.2 cm³/mol. The van der Waals surface area contributed by atoms with Crippen molar-refractivity contribution in [1.29, 1.82) is 0 Å². The van der Waals surface area contributed by atoms with E-state index in [4.69, 9.17) is 10.5 Å². The van der Waals surface area contributed by atoms with E-state index in [1.807, 2.05) is 48.5 Å². The Kier molecular flexibility index (Phi) is 3.78. The predicted octanol–water partition coefficient (Wildman–Crippen LogP) is 3.32. The number of aromatic nitrogens is 2. The molecule has 5 heteroatoms. The smallest absolute Gasteiger partial charge is 0.166 e. The summed E-state index contributed by atoms with van der Waals surface area (Å²) in [5, 5.41) is 0.891. The summed E-state index contributed by atoms with van der Waals surface area (Å²) >= 11 is 1.64. The van der Waals surface area contributed by atoms with Crippen molar-refractivity contribution < 1.29 is 4.74 Å². The van der Waals surface area contributed by atoms with Crippen LogP contribution in [0, 0.1) is 0 Å². The molecular weight excluding hydrogens is 270 g/mol. The molecule has 1 aromatic heterocycles. The molecule has 0 fully saturated rings. The summed E-state index contributed by atoms with van der Waals surface area (Å²) in [5.74, 6) is 1.73. The van der Waals surface area contributed by atoms with Gasteiger partial charge in [-0.2, -0.15) is 0 Å². The summed E-state index contributed by atoms with van der Waals surface area (Å²) in [6.45, 7) is 0.647. The number of benzene rings is 2. The molecule has 4 nitrogen and oxygen atoms in total. The van der Waals surface area contributed by atoms with Crippen LogP contribution in [-0.4, -0.2) is 22.3 Å². The number of aromatic amines is 1. The van der Waals surface area contributed by atoms with E-state index in [0.717, 1.165) is 33.4 Å². The Morgan fingerprint density at radius 3 is 2.85 bits per heavy atom. The Labute approximate surface area is 121 Å². The maximum atomic E-state index is 5.74. The van der Waals surface area contributed by atoms with E-state index in [-0.39, 0.29) is 0 Å². The third-order valence-electron chi connectivity index (χ3n) is 2.82. The van der Waals surface area contributed by atoms with Crippen LogP contribution in [0.2, 0.25) is 0 Å². The number of thioether (sulfide) groups is 1. The van der Waals surface area contributed by atoms with Crippen molar-refractivity contribution in [2.75, 3.05) is 18.1 Å². The van der Waals surface area contributed by atoms with Gasteiger partial charge in [-0.15, -0.1) is 0 Å². The van der Waals surface area contributed by atoms with Gasteiger partial charge in [0, 0.05) is 11.4 Å². The van der Waals surface area contributed by atoms with Gasteiger partial charge in [0.15, 0.2) is 5.16 Å². The van der Waals surface area contributed by atoms with Gasteiger partial charge < -0.3 is 15.5 Å². The van der Waals surface area contributed by atoms with Crippen molar-refractivity contribution in [3.63, 3.8) is 0 Å². The normalized spacial score (nSPS) is 10.8. The number of nitrogens with one attached hydrogen (secondary N) is 1. The number of fused-ring (bicyclic) bond motifs is 1. The zero-order valence-electron chi connectivity index (χ0n) is 10.9. The van der Waals surface area contributed by atoms with Crippen molar-refractivity contribution in [2.45, 2.75) is 5.16 Å². The first-order valence-electron chi connectivity index (χ1n) is 6.37. The molecule has 102 valence electrons. The summed E-state index contributed by atoms with van der Waals surface area (Å²) in [4.78, 5) is 7.75. The Bertz CT molecular complexity index is 697.